The molecule has 1 aromatic heterocycles. The predicted molar refractivity (Wildman–Crippen MR) is 129 cm³/mol. The van der Waals surface area contributed by atoms with Crippen molar-refractivity contribution >= 4 is 17.8 Å². The Hall–Kier alpha value is -3.20. The van der Waals surface area contributed by atoms with Crippen molar-refractivity contribution in [3.63, 3.8) is 0 Å². The van der Waals surface area contributed by atoms with Crippen LogP contribution in [-0.2, 0) is 14.3 Å². The number of esters is 1. The molecule has 1 unspecified atom stereocenters. The van der Waals surface area contributed by atoms with Gasteiger partial charge in [0.2, 0.25) is 11.7 Å². The zero-order valence-corrected chi connectivity index (χ0v) is 20.7. The van der Waals surface area contributed by atoms with E-state index in [2.05, 4.69) is 36.6 Å². The average molecular weight is 483 g/mol. The van der Waals surface area contributed by atoms with Crippen molar-refractivity contribution in [1.29, 1.82) is 0 Å². The fourth-order valence-corrected chi connectivity index (χ4v) is 5.20. The van der Waals surface area contributed by atoms with E-state index in [1.54, 1.807) is 11.0 Å². The lowest BCUT2D eigenvalue weighted by Gasteiger charge is -2.41. The number of benzene rings is 1. The maximum Gasteiger partial charge on any atom is 0.310 e. The molecule has 1 aliphatic carbocycles. The van der Waals surface area contributed by atoms with Gasteiger partial charge in [-0.25, -0.2) is 0 Å². The van der Waals surface area contributed by atoms with E-state index >= 15 is 0 Å². The largest absolute Gasteiger partial charge is 0.469 e. The highest BCUT2D eigenvalue weighted by molar-refractivity contribution is 5.97. The number of carbonyl (C=O) groups is 3. The number of carbonyl (C=O) groups excluding carboxylic acids is 3. The van der Waals surface area contributed by atoms with Crippen LogP contribution in [-0.4, -0.2) is 65.2 Å². The van der Waals surface area contributed by atoms with Gasteiger partial charge in [-0.05, 0) is 46.5 Å². The topological polar surface area (TPSA) is 114 Å². The van der Waals surface area contributed by atoms with Gasteiger partial charge in [0.15, 0.2) is 0 Å². The van der Waals surface area contributed by atoms with Crippen molar-refractivity contribution in [3.05, 3.63) is 42.2 Å². The number of nitrogens with zero attached hydrogens (tertiary/aromatic N) is 2. The molecule has 2 fully saturated rings. The summed E-state index contributed by atoms with van der Waals surface area (Å²) in [6, 6.07) is 10.2. The minimum atomic E-state index is -0.670. The highest BCUT2D eigenvalue weighted by Crippen LogP contribution is 2.33. The molecule has 2 N–H and O–H groups in total. The monoisotopic (exact) mass is 482 g/mol. The van der Waals surface area contributed by atoms with E-state index in [1.165, 1.54) is 7.11 Å². The maximum atomic E-state index is 13.3. The lowest BCUT2D eigenvalue weighted by molar-refractivity contribution is -0.151. The highest BCUT2D eigenvalue weighted by atomic mass is 16.5. The summed E-state index contributed by atoms with van der Waals surface area (Å²) in [5, 5.41) is 10.3. The van der Waals surface area contributed by atoms with Gasteiger partial charge in [0.25, 0.3) is 5.91 Å². The Labute approximate surface area is 205 Å². The third-order valence-corrected chi connectivity index (χ3v) is 6.70. The van der Waals surface area contributed by atoms with Crippen molar-refractivity contribution in [2.24, 2.45) is 5.92 Å². The smallest absolute Gasteiger partial charge is 0.310 e. The first-order chi connectivity index (χ1) is 16.7. The van der Waals surface area contributed by atoms with Gasteiger partial charge in [-0.1, -0.05) is 35.5 Å². The van der Waals surface area contributed by atoms with E-state index in [0.29, 0.717) is 31.5 Å². The number of rotatable bonds is 6. The van der Waals surface area contributed by atoms with Crippen LogP contribution < -0.4 is 10.6 Å². The number of methoxy groups -OCH3 is 1. The van der Waals surface area contributed by atoms with Crippen molar-refractivity contribution in [2.75, 3.05) is 13.7 Å². The summed E-state index contributed by atoms with van der Waals surface area (Å²) < 4.78 is 10.3. The summed E-state index contributed by atoms with van der Waals surface area (Å²) in [5.74, 6) is -1.32. The first-order valence-electron chi connectivity index (χ1n) is 12.2. The molecule has 9 heteroatoms. The van der Waals surface area contributed by atoms with Crippen LogP contribution in [0.3, 0.4) is 0 Å². The Balaban J connectivity index is 1.41. The van der Waals surface area contributed by atoms with Crippen LogP contribution in [0.1, 0.15) is 57.0 Å². The second-order valence-electron chi connectivity index (χ2n) is 10.4. The fourth-order valence-electron chi connectivity index (χ4n) is 5.20. The summed E-state index contributed by atoms with van der Waals surface area (Å²) in [7, 11) is 1.39. The van der Waals surface area contributed by atoms with Crippen LogP contribution >= 0.6 is 0 Å². The first-order valence-corrected chi connectivity index (χ1v) is 12.2. The van der Waals surface area contributed by atoms with Gasteiger partial charge in [-0.3, -0.25) is 14.4 Å². The zero-order valence-electron chi connectivity index (χ0n) is 20.7. The Kier molecular flexibility index (Phi) is 7.25. The summed E-state index contributed by atoms with van der Waals surface area (Å²) in [6.45, 7) is 6.77. The van der Waals surface area contributed by atoms with Crippen molar-refractivity contribution < 1.29 is 23.6 Å². The van der Waals surface area contributed by atoms with Crippen molar-refractivity contribution in [2.45, 2.75) is 70.1 Å². The molecule has 0 bridgehead atoms. The quantitative estimate of drug-likeness (QED) is 0.609. The number of aromatic nitrogens is 1. The van der Waals surface area contributed by atoms with E-state index in [0.717, 1.165) is 12.0 Å². The minimum absolute atomic E-state index is 0.0521. The van der Waals surface area contributed by atoms with Gasteiger partial charge in [0.1, 0.15) is 11.7 Å². The second-order valence-corrected chi connectivity index (χ2v) is 10.4. The zero-order chi connectivity index (χ0) is 25.2. The van der Waals surface area contributed by atoms with Crippen LogP contribution in [0.2, 0.25) is 0 Å². The van der Waals surface area contributed by atoms with Gasteiger partial charge in [0.05, 0.1) is 13.0 Å². The molecule has 4 rings (SSSR count). The summed E-state index contributed by atoms with van der Waals surface area (Å²) in [4.78, 5) is 40.4. The Morgan fingerprint density at radius 2 is 1.89 bits per heavy atom. The number of hydrogen-bond acceptors (Lipinski definition) is 7. The van der Waals surface area contributed by atoms with Gasteiger partial charge in [-0.15, -0.1) is 0 Å². The van der Waals surface area contributed by atoms with Gasteiger partial charge in [0, 0.05) is 35.8 Å². The van der Waals surface area contributed by atoms with Crippen LogP contribution in [0.4, 0.5) is 0 Å². The third kappa shape index (κ3) is 5.73. The number of hydrogen-bond donors (Lipinski definition) is 2. The van der Waals surface area contributed by atoms with Crippen LogP contribution in [0.5, 0.6) is 0 Å². The first kappa shape index (κ1) is 24.9. The lowest BCUT2D eigenvalue weighted by Crippen LogP contribution is -2.55. The van der Waals surface area contributed by atoms with E-state index in [4.69, 9.17) is 9.26 Å². The molecule has 1 saturated carbocycles. The van der Waals surface area contributed by atoms with Crippen LogP contribution in [0.25, 0.3) is 11.3 Å². The molecule has 2 heterocycles. The highest BCUT2D eigenvalue weighted by Gasteiger charge is 2.45. The molecule has 1 aliphatic heterocycles. The summed E-state index contributed by atoms with van der Waals surface area (Å²) >= 11 is 0. The van der Waals surface area contributed by atoms with E-state index in [1.807, 2.05) is 30.3 Å². The minimum Gasteiger partial charge on any atom is -0.469 e. The molecular weight excluding hydrogens is 448 g/mol. The Morgan fingerprint density at radius 3 is 2.57 bits per heavy atom. The van der Waals surface area contributed by atoms with Crippen LogP contribution in [0, 0.1) is 5.92 Å². The third-order valence-electron chi connectivity index (χ3n) is 6.70. The van der Waals surface area contributed by atoms with Crippen molar-refractivity contribution in [3.8, 4) is 11.3 Å². The molecule has 35 heavy (non-hydrogen) atoms. The molecule has 9 nitrogen and oxygen atoms in total. The molecule has 2 aliphatic rings. The Morgan fingerprint density at radius 1 is 1.14 bits per heavy atom. The predicted octanol–water partition coefficient (Wildman–Crippen LogP) is 2.77. The standard InChI is InChI=1S/C26H34N4O5/c1-26(2,3)28-17-10-11-21(18(14-17)25(33)34-4)30-13-12-19(24(30)32)27-23(31)22-15-20(29-35-22)16-8-6-5-7-9-16/h5-9,15,17-19,21,28H,10-14H2,1-4H3,(H,27,31)/t17-,18-,19?,21+/m1/s1. The average Bonchev–Trinajstić information content (AvgIpc) is 3.46. The molecule has 0 radical (unpaired) electrons. The molecule has 2 aromatic rings. The normalized spacial score (nSPS) is 24.9. The SMILES string of the molecule is COC(=O)[C@@H]1C[C@H](NC(C)(C)C)CC[C@@H]1N1CCC(NC(=O)c2cc(-c3ccccc3)no2)C1=O. The number of ether oxygens (including phenoxy) is 1. The van der Waals surface area contributed by atoms with E-state index in [9.17, 15) is 14.4 Å². The molecule has 2 amide bonds. The maximum absolute atomic E-state index is 13.3. The molecule has 1 saturated heterocycles. The molecule has 188 valence electrons. The van der Waals surface area contributed by atoms with Gasteiger partial charge in [-0.2, -0.15) is 0 Å². The molecular formula is C26H34N4O5. The van der Waals surface area contributed by atoms with E-state index < -0.39 is 17.9 Å². The number of likely N-dealkylation sites (tertiary alicyclic amines) is 1. The fraction of sp³-hybridized carbons (Fsp3) is 0.538. The second kappa shape index (κ2) is 10.2. The number of amides is 2. The lowest BCUT2D eigenvalue weighted by atomic mass is 9.80. The van der Waals surface area contributed by atoms with Gasteiger partial charge < -0.3 is 24.8 Å². The molecule has 4 atom stereocenters. The summed E-state index contributed by atoms with van der Waals surface area (Å²) in [6.07, 6.45) is 2.63. The van der Waals surface area contributed by atoms with Crippen LogP contribution in [0.15, 0.2) is 40.9 Å². The molecule has 1 aromatic carbocycles. The number of nitrogens with one attached hydrogen (secondary N) is 2. The summed E-state index contributed by atoms with van der Waals surface area (Å²) in [5.41, 5.74) is 1.32. The van der Waals surface area contributed by atoms with Gasteiger partial charge >= 0.3 is 5.97 Å². The molecule has 0 spiro atoms. The Bertz CT molecular complexity index is 1060. The van der Waals surface area contributed by atoms with Crippen molar-refractivity contribution in [1.82, 2.24) is 20.7 Å². The van der Waals surface area contributed by atoms with E-state index in [-0.39, 0.29) is 35.3 Å².